The molecule has 10 saturated carbocycles. The average Bonchev–Trinajstić information content (AvgIpc) is 4.21. The van der Waals surface area contributed by atoms with Crippen molar-refractivity contribution in [1.29, 1.82) is 0 Å². The van der Waals surface area contributed by atoms with Gasteiger partial charge in [0, 0.05) is 0 Å². The highest BCUT2D eigenvalue weighted by molar-refractivity contribution is 5.80. The largest absolute Gasteiger partial charge is 0.465 e. The summed E-state index contributed by atoms with van der Waals surface area (Å²) in [5, 5.41) is 8.61. The Bertz CT molecular complexity index is 1940. The average molecular weight is 1050 g/mol. The second kappa shape index (κ2) is 22.1. The highest BCUT2D eigenvalue weighted by atomic mass is 16.6. The normalized spacial score (nSPS) is 47.6. The van der Waals surface area contributed by atoms with E-state index in [4.69, 9.17) is 28.8 Å². The number of esters is 5. The van der Waals surface area contributed by atoms with Crippen molar-refractivity contribution >= 4 is 29.8 Å². The Morgan fingerprint density at radius 2 is 0.787 bits per heavy atom. The fourth-order valence-corrected chi connectivity index (χ4v) is 19.2. The van der Waals surface area contributed by atoms with Gasteiger partial charge in [0.05, 0.1) is 48.4 Å². The summed E-state index contributed by atoms with van der Waals surface area (Å²) in [6, 6.07) is 0. The lowest BCUT2D eigenvalue weighted by atomic mass is 9.65. The molecule has 0 aromatic carbocycles. The lowest BCUT2D eigenvalue weighted by Gasteiger charge is -2.37. The van der Waals surface area contributed by atoms with Crippen LogP contribution < -0.4 is 0 Å². The van der Waals surface area contributed by atoms with Crippen LogP contribution in [0.15, 0.2) is 0 Å². The molecule has 0 amide bonds. The maximum absolute atomic E-state index is 12.1. The number of ether oxygens (including phenoxy) is 5. The molecule has 75 heavy (non-hydrogen) atoms. The van der Waals surface area contributed by atoms with Crippen LogP contribution in [0.5, 0.6) is 0 Å². The Labute approximate surface area is 453 Å². The van der Waals surface area contributed by atoms with E-state index in [2.05, 4.69) is 69.2 Å². The smallest absolute Gasteiger partial charge is 0.312 e. The van der Waals surface area contributed by atoms with Crippen LogP contribution in [0.1, 0.15) is 188 Å². The minimum Gasteiger partial charge on any atom is -0.465 e. The molecule has 25 unspecified atom stereocenters. The first-order chi connectivity index (χ1) is 35.0. The van der Waals surface area contributed by atoms with E-state index in [0.717, 1.165) is 116 Å². The lowest BCUT2D eigenvalue weighted by molar-refractivity contribution is -0.164. The monoisotopic (exact) mass is 1050 g/mol. The molecule has 2 saturated heterocycles. The predicted molar refractivity (Wildman–Crippen MR) is 289 cm³/mol. The summed E-state index contributed by atoms with van der Waals surface area (Å²) >= 11 is 0. The van der Waals surface area contributed by atoms with Gasteiger partial charge in [0.25, 0.3) is 0 Å². The molecule has 0 aromatic heterocycles. The molecule has 426 valence electrons. The third-order valence-electron chi connectivity index (χ3n) is 24.3. The molecule has 10 aliphatic carbocycles. The first kappa shape index (κ1) is 58.5. The fourth-order valence-electron chi connectivity index (χ4n) is 19.2. The summed E-state index contributed by atoms with van der Waals surface area (Å²) in [6.07, 6.45) is 13.6. The number of carbonyl (C=O) groups excluding carboxylic acids is 5. The highest BCUT2D eigenvalue weighted by Gasteiger charge is 2.64. The van der Waals surface area contributed by atoms with E-state index in [1.54, 1.807) is 0 Å². The van der Waals surface area contributed by atoms with Gasteiger partial charge >= 0.3 is 29.8 Å². The zero-order valence-corrected chi connectivity index (χ0v) is 49.6. The van der Waals surface area contributed by atoms with Gasteiger partial charge in [-0.1, -0.05) is 69.2 Å². The number of hydrogen-bond donors (Lipinski definition) is 1. The maximum atomic E-state index is 12.1. The van der Waals surface area contributed by atoms with Crippen molar-refractivity contribution in [2.24, 2.45) is 147 Å². The minimum atomic E-state index is -0.340. The van der Waals surface area contributed by atoms with E-state index in [9.17, 15) is 24.0 Å². The van der Waals surface area contributed by atoms with Crippen LogP contribution in [0, 0.1) is 147 Å². The van der Waals surface area contributed by atoms with E-state index in [1.807, 2.05) is 41.5 Å². The van der Waals surface area contributed by atoms with Gasteiger partial charge in [0.15, 0.2) is 0 Å². The summed E-state index contributed by atoms with van der Waals surface area (Å²) in [5.41, 5.74) is -0.769. The minimum absolute atomic E-state index is 0.0405. The Balaban J connectivity index is 0.000000125. The molecular weight excluding hydrogens is 945 g/mol. The summed E-state index contributed by atoms with van der Waals surface area (Å²) in [7, 11) is 0. The van der Waals surface area contributed by atoms with Crippen molar-refractivity contribution in [1.82, 2.24) is 0 Å². The summed E-state index contributed by atoms with van der Waals surface area (Å²) in [6.45, 7) is 36.3. The number of carbonyl (C=O) groups is 5. The number of aliphatic hydroxyl groups is 1. The van der Waals surface area contributed by atoms with E-state index in [0.29, 0.717) is 60.6 Å². The van der Waals surface area contributed by atoms with Crippen LogP contribution in [-0.4, -0.2) is 72.6 Å². The topological polar surface area (TPSA) is 152 Å². The van der Waals surface area contributed by atoms with Gasteiger partial charge in [-0.05, 0) is 237 Å². The summed E-state index contributed by atoms with van der Waals surface area (Å²) in [4.78, 5) is 59.5. The van der Waals surface area contributed by atoms with Gasteiger partial charge in [-0.3, -0.25) is 24.0 Å². The van der Waals surface area contributed by atoms with Crippen LogP contribution in [0.2, 0.25) is 0 Å². The van der Waals surface area contributed by atoms with Crippen LogP contribution >= 0.6 is 0 Å². The van der Waals surface area contributed by atoms with Crippen LogP contribution in [-0.2, 0) is 47.7 Å². The van der Waals surface area contributed by atoms with Gasteiger partial charge < -0.3 is 28.8 Å². The van der Waals surface area contributed by atoms with Gasteiger partial charge in [-0.2, -0.15) is 0 Å². The number of cyclic esters (lactones) is 2. The number of hydrogen-bond acceptors (Lipinski definition) is 11. The molecule has 11 nitrogen and oxygen atoms in total. The van der Waals surface area contributed by atoms with Crippen molar-refractivity contribution in [2.75, 3.05) is 26.4 Å². The Morgan fingerprint density at radius 3 is 1.03 bits per heavy atom. The molecule has 2 aliphatic heterocycles. The molecular formula is C64H104O11. The molecule has 12 fully saturated rings. The van der Waals surface area contributed by atoms with Gasteiger partial charge in [0.2, 0.25) is 0 Å². The summed E-state index contributed by atoms with van der Waals surface area (Å²) in [5.74, 6) is 14.9. The van der Waals surface area contributed by atoms with Crippen molar-refractivity contribution in [3.8, 4) is 0 Å². The van der Waals surface area contributed by atoms with Gasteiger partial charge in [-0.25, -0.2) is 0 Å². The Morgan fingerprint density at radius 1 is 0.467 bits per heavy atom. The van der Waals surface area contributed by atoms with E-state index in [1.165, 1.54) is 32.1 Å². The second-order valence-electron chi connectivity index (χ2n) is 29.8. The highest BCUT2D eigenvalue weighted by Crippen LogP contribution is 2.66. The first-order valence-electron chi connectivity index (χ1n) is 30.6. The van der Waals surface area contributed by atoms with E-state index >= 15 is 0 Å². The zero-order chi connectivity index (χ0) is 55.0. The molecule has 12 aliphatic rings. The number of aliphatic hydroxyl groups excluding tert-OH is 1. The Hall–Kier alpha value is -2.69. The Kier molecular flexibility index (Phi) is 17.2. The zero-order valence-electron chi connectivity index (χ0n) is 49.6. The van der Waals surface area contributed by atoms with Gasteiger partial charge in [-0.15, -0.1) is 0 Å². The van der Waals surface area contributed by atoms with Crippen LogP contribution in [0.25, 0.3) is 0 Å². The maximum Gasteiger partial charge on any atom is 0.312 e. The number of rotatable bonds is 5. The van der Waals surface area contributed by atoms with Crippen molar-refractivity contribution < 1.29 is 52.8 Å². The number of fused-ring (bicyclic) bond motifs is 12. The van der Waals surface area contributed by atoms with Crippen molar-refractivity contribution in [3.63, 3.8) is 0 Å². The molecule has 11 heteroatoms. The summed E-state index contributed by atoms with van der Waals surface area (Å²) < 4.78 is 26.4. The molecule has 1 N–H and O–H groups in total. The third kappa shape index (κ3) is 11.1. The third-order valence-corrected chi connectivity index (χ3v) is 24.3. The van der Waals surface area contributed by atoms with Crippen molar-refractivity contribution in [3.05, 3.63) is 0 Å². The predicted octanol–water partition coefficient (Wildman–Crippen LogP) is 12.4. The van der Waals surface area contributed by atoms with Gasteiger partial charge in [0.1, 0.15) is 17.8 Å². The molecule has 10 bridgehead atoms. The lowest BCUT2D eigenvalue weighted by Crippen LogP contribution is -2.38. The fraction of sp³-hybridized carbons (Fsp3) is 0.922. The van der Waals surface area contributed by atoms with E-state index in [-0.39, 0.29) is 82.8 Å². The van der Waals surface area contributed by atoms with Crippen molar-refractivity contribution in [2.45, 2.75) is 199 Å². The molecule has 25 atom stereocenters. The molecule has 0 radical (unpaired) electrons. The standard InChI is InChI=1S/2C14H24O2.C12H20O3.2C12H18O2/c2*1-8-9(2)11-6-10(8)7-12(11)13(15)16-14(3,4)5;1-7-8(2)10-5-9(7)6-11(10)12(14)15-4-3-13;2*1-7-8(2)10-5-9(7)6-12(10)3-4-14-11(12)13/h2*8-12H,6-7H2,1-5H3;7-11,13H,3-6H2,1-2H3;2*7-10H,3-6H2,1-2H3. The molecule has 12 rings (SSSR count). The van der Waals surface area contributed by atoms with E-state index < -0.39 is 0 Å². The SMILES string of the molecule is CC1C2CC(C(=O)OC(C)(C)C)C(C2)C1C.CC1C2CC(C(=O)OC(C)(C)C)C(C2)C1C.CC1C2CC(C(=O)OCCO)C(C2)C1C.CC1C2CC(C1C)C1(CCOC1=O)C2.CC1C2CC(C1C)C1(CCOC1=O)C2. The molecule has 2 heterocycles. The molecule has 2 spiro atoms. The first-order valence-corrected chi connectivity index (χ1v) is 30.6. The van der Waals surface area contributed by atoms with Crippen LogP contribution in [0.3, 0.4) is 0 Å². The van der Waals surface area contributed by atoms with Crippen LogP contribution in [0.4, 0.5) is 0 Å². The molecule has 0 aromatic rings. The quantitative estimate of drug-likeness (QED) is 0.207. The second-order valence-corrected chi connectivity index (χ2v) is 29.8.